The number of nitrogens with one attached hydrogen (secondary N) is 1. The molecular weight excluding hydrogens is 372 g/mol. The van der Waals surface area contributed by atoms with Gasteiger partial charge in [0.1, 0.15) is 5.82 Å². The molecule has 0 unspecified atom stereocenters. The number of aromatic nitrogens is 2. The van der Waals surface area contributed by atoms with Gasteiger partial charge in [-0.15, -0.1) is 0 Å². The lowest BCUT2D eigenvalue weighted by atomic mass is 9.84. The summed E-state index contributed by atoms with van der Waals surface area (Å²) in [5.41, 5.74) is 13.4. The first-order valence-electron chi connectivity index (χ1n) is 10.9. The van der Waals surface area contributed by atoms with Crippen molar-refractivity contribution < 1.29 is 4.74 Å². The molecule has 2 aliphatic rings. The van der Waals surface area contributed by atoms with Gasteiger partial charge < -0.3 is 15.8 Å². The van der Waals surface area contributed by atoms with Gasteiger partial charge in [0.05, 0.1) is 0 Å². The van der Waals surface area contributed by atoms with Crippen molar-refractivity contribution in [1.29, 1.82) is 0 Å². The fraction of sp³-hybridized carbons (Fsp3) is 0.360. The lowest BCUT2D eigenvalue weighted by molar-refractivity contribution is 0.0851. The Labute approximate surface area is 177 Å². The minimum Gasteiger partial charge on any atom is -0.383 e. The zero-order valence-corrected chi connectivity index (χ0v) is 17.2. The van der Waals surface area contributed by atoms with Gasteiger partial charge in [-0.2, -0.15) is 0 Å². The lowest BCUT2D eigenvalue weighted by Gasteiger charge is -2.27. The highest BCUT2D eigenvalue weighted by Gasteiger charge is 2.25. The van der Waals surface area contributed by atoms with E-state index in [1.165, 1.54) is 29.5 Å². The van der Waals surface area contributed by atoms with Crippen molar-refractivity contribution in [1.82, 2.24) is 15.3 Å². The Morgan fingerprint density at radius 2 is 1.73 bits per heavy atom. The largest absolute Gasteiger partial charge is 0.383 e. The lowest BCUT2D eigenvalue weighted by Crippen LogP contribution is -2.19. The van der Waals surface area contributed by atoms with Gasteiger partial charge in [-0.1, -0.05) is 12.1 Å². The van der Waals surface area contributed by atoms with Crippen LogP contribution in [-0.4, -0.2) is 29.7 Å². The van der Waals surface area contributed by atoms with Gasteiger partial charge in [0.2, 0.25) is 0 Å². The molecule has 0 spiro atoms. The van der Waals surface area contributed by atoms with Crippen LogP contribution in [0.2, 0.25) is 0 Å². The molecule has 0 radical (unpaired) electrons. The molecule has 30 heavy (non-hydrogen) atoms. The predicted molar refractivity (Wildman–Crippen MR) is 120 cm³/mol. The second kappa shape index (κ2) is 8.54. The molecule has 1 aromatic carbocycles. The predicted octanol–water partition coefficient (Wildman–Crippen LogP) is 4.71. The van der Waals surface area contributed by atoms with Gasteiger partial charge >= 0.3 is 0 Å². The van der Waals surface area contributed by atoms with E-state index in [4.69, 9.17) is 10.5 Å². The maximum Gasteiger partial charge on any atom is 0.131 e. The van der Waals surface area contributed by atoms with Crippen molar-refractivity contribution in [3.63, 3.8) is 0 Å². The van der Waals surface area contributed by atoms with Crippen molar-refractivity contribution in [2.45, 2.75) is 37.6 Å². The van der Waals surface area contributed by atoms with Crippen LogP contribution in [0.15, 0.2) is 55.0 Å². The molecule has 5 nitrogen and oxygen atoms in total. The van der Waals surface area contributed by atoms with Gasteiger partial charge in [-0.3, -0.25) is 4.98 Å². The van der Waals surface area contributed by atoms with Crippen LogP contribution in [0.3, 0.4) is 0 Å². The number of nitrogen functional groups attached to an aromatic ring is 1. The van der Waals surface area contributed by atoms with E-state index in [1.807, 2.05) is 18.3 Å². The first-order valence-corrected chi connectivity index (χ1v) is 10.9. The zero-order valence-electron chi connectivity index (χ0n) is 17.2. The SMILES string of the molecule is Nc1ncc(-c2ccc(C3CCOCC3)c([C@H]3CCCN3)c2)cc1-c1ccncc1. The number of hydrogen-bond donors (Lipinski definition) is 2. The van der Waals surface area contributed by atoms with Gasteiger partial charge in [-0.25, -0.2) is 4.98 Å². The van der Waals surface area contributed by atoms with Crippen molar-refractivity contribution in [3.8, 4) is 22.3 Å². The molecule has 0 aliphatic carbocycles. The second-order valence-electron chi connectivity index (χ2n) is 8.27. The van der Waals surface area contributed by atoms with E-state index in [1.54, 1.807) is 12.4 Å². The highest BCUT2D eigenvalue weighted by Crippen LogP contribution is 2.38. The third kappa shape index (κ3) is 3.83. The average Bonchev–Trinajstić information content (AvgIpc) is 3.35. The normalized spacial score (nSPS) is 19.8. The molecule has 0 bridgehead atoms. The first kappa shape index (κ1) is 19.2. The molecule has 3 aromatic rings. The maximum absolute atomic E-state index is 6.20. The average molecular weight is 401 g/mol. The molecule has 0 saturated carbocycles. The van der Waals surface area contributed by atoms with Crippen LogP contribution in [-0.2, 0) is 4.74 Å². The van der Waals surface area contributed by atoms with E-state index >= 15 is 0 Å². The van der Waals surface area contributed by atoms with E-state index in [2.05, 4.69) is 39.6 Å². The highest BCUT2D eigenvalue weighted by molar-refractivity contribution is 5.79. The molecule has 2 aliphatic heterocycles. The fourth-order valence-corrected chi connectivity index (χ4v) is 4.78. The first-order chi connectivity index (χ1) is 14.8. The summed E-state index contributed by atoms with van der Waals surface area (Å²) in [4.78, 5) is 8.61. The molecular formula is C25H28N4O. The van der Waals surface area contributed by atoms with Crippen LogP contribution in [0.1, 0.15) is 48.8 Å². The Morgan fingerprint density at radius 3 is 2.50 bits per heavy atom. The Morgan fingerprint density at radius 1 is 0.900 bits per heavy atom. The molecule has 154 valence electrons. The summed E-state index contributed by atoms with van der Waals surface area (Å²) >= 11 is 0. The summed E-state index contributed by atoms with van der Waals surface area (Å²) in [5.74, 6) is 1.13. The van der Waals surface area contributed by atoms with E-state index in [-0.39, 0.29) is 0 Å². The smallest absolute Gasteiger partial charge is 0.131 e. The fourth-order valence-electron chi connectivity index (χ4n) is 4.78. The summed E-state index contributed by atoms with van der Waals surface area (Å²) < 4.78 is 5.61. The van der Waals surface area contributed by atoms with Gasteiger partial charge in [0.25, 0.3) is 0 Å². The van der Waals surface area contributed by atoms with E-state index in [9.17, 15) is 0 Å². The maximum atomic E-state index is 6.20. The Bertz CT molecular complexity index is 1010. The van der Waals surface area contributed by atoms with Gasteiger partial charge in [0, 0.05) is 49.0 Å². The van der Waals surface area contributed by atoms with Gasteiger partial charge in [0.15, 0.2) is 0 Å². The van der Waals surface area contributed by atoms with Crippen LogP contribution < -0.4 is 11.1 Å². The molecule has 5 heteroatoms. The van der Waals surface area contributed by atoms with Crippen molar-refractivity contribution in [2.24, 2.45) is 0 Å². The molecule has 2 aromatic heterocycles. The molecule has 0 amide bonds. The Balaban J connectivity index is 1.55. The van der Waals surface area contributed by atoms with Crippen molar-refractivity contribution >= 4 is 5.82 Å². The van der Waals surface area contributed by atoms with E-state index in [0.717, 1.165) is 49.3 Å². The minimum atomic E-state index is 0.434. The highest BCUT2D eigenvalue weighted by atomic mass is 16.5. The van der Waals surface area contributed by atoms with Crippen molar-refractivity contribution in [3.05, 3.63) is 66.1 Å². The number of nitrogens with two attached hydrogens (primary N) is 1. The topological polar surface area (TPSA) is 73.1 Å². The molecule has 2 saturated heterocycles. The standard InChI is InChI=1S/C25H28N4O/c26-25-22(17-5-10-27-11-6-17)15-20(16-29-25)19-3-4-21(18-7-12-30-13-8-18)23(14-19)24-2-1-9-28-24/h3-6,10-11,14-16,18,24,28H,1-2,7-9,12-13H2,(H2,26,29)/t24-/m1/s1. The third-order valence-electron chi connectivity index (χ3n) is 6.43. The Kier molecular flexibility index (Phi) is 5.47. The molecule has 2 fully saturated rings. The number of nitrogens with zero attached hydrogens (tertiary/aromatic N) is 2. The summed E-state index contributed by atoms with van der Waals surface area (Å²) in [6.45, 7) is 2.82. The number of ether oxygens (including phenoxy) is 1. The summed E-state index contributed by atoms with van der Waals surface area (Å²) in [6.07, 6.45) is 10.1. The summed E-state index contributed by atoms with van der Waals surface area (Å²) in [7, 11) is 0. The molecule has 4 heterocycles. The van der Waals surface area contributed by atoms with Crippen LogP contribution in [0.4, 0.5) is 5.82 Å². The number of benzene rings is 1. The van der Waals surface area contributed by atoms with Gasteiger partial charge in [-0.05, 0) is 84.7 Å². The van der Waals surface area contributed by atoms with Crippen LogP contribution in [0.5, 0.6) is 0 Å². The summed E-state index contributed by atoms with van der Waals surface area (Å²) in [6, 6.07) is 13.5. The van der Waals surface area contributed by atoms with Crippen molar-refractivity contribution in [2.75, 3.05) is 25.5 Å². The quantitative estimate of drug-likeness (QED) is 0.663. The second-order valence-corrected chi connectivity index (χ2v) is 8.27. The number of rotatable bonds is 4. The monoisotopic (exact) mass is 400 g/mol. The number of anilines is 1. The minimum absolute atomic E-state index is 0.434. The van der Waals surface area contributed by atoms with E-state index < -0.39 is 0 Å². The molecule has 3 N–H and O–H groups in total. The number of pyridine rings is 2. The Hall–Kier alpha value is -2.76. The zero-order chi connectivity index (χ0) is 20.3. The third-order valence-corrected chi connectivity index (χ3v) is 6.43. The molecule has 5 rings (SSSR count). The van der Waals surface area contributed by atoms with Crippen LogP contribution >= 0.6 is 0 Å². The number of hydrogen-bond acceptors (Lipinski definition) is 5. The van der Waals surface area contributed by atoms with Crippen LogP contribution in [0, 0.1) is 0 Å². The summed E-state index contributed by atoms with van der Waals surface area (Å²) in [5, 5.41) is 3.70. The van der Waals surface area contributed by atoms with E-state index in [0.29, 0.717) is 17.8 Å². The molecule has 1 atom stereocenters. The van der Waals surface area contributed by atoms with Crippen LogP contribution in [0.25, 0.3) is 22.3 Å².